The minimum Gasteiger partial charge on any atom is -0.479 e. The van der Waals surface area contributed by atoms with Crippen molar-refractivity contribution in [1.29, 1.82) is 0 Å². The van der Waals surface area contributed by atoms with E-state index in [0.29, 0.717) is 18.4 Å². The van der Waals surface area contributed by atoms with Crippen LogP contribution < -0.4 is 0 Å². The summed E-state index contributed by atoms with van der Waals surface area (Å²) in [5.74, 6) is -1.36. The van der Waals surface area contributed by atoms with Gasteiger partial charge in [-0.2, -0.15) is 0 Å². The molecule has 2 rings (SSSR count). The van der Waals surface area contributed by atoms with Gasteiger partial charge in [-0.1, -0.05) is 6.07 Å². The Kier molecular flexibility index (Phi) is 2.23. The second-order valence-corrected chi connectivity index (χ2v) is 3.64. The highest BCUT2D eigenvalue weighted by atomic mass is 19.1. The van der Waals surface area contributed by atoms with E-state index < -0.39 is 11.6 Å². The maximum atomic E-state index is 12.9. The van der Waals surface area contributed by atoms with E-state index in [1.54, 1.807) is 0 Å². The van der Waals surface area contributed by atoms with E-state index in [-0.39, 0.29) is 5.82 Å². The van der Waals surface area contributed by atoms with Gasteiger partial charge in [0.05, 0.1) is 0 Å². The van der Waals surface area contributed by atoms with E-state index in [2.05, 4.69) is 0 Å². The molecule has 0 heterocycles. The van der Waals surface area contributed by atoms with Crippen LogP contribution in [-0.2, 0) is 21.6 Å². The Morgan fingerprint density at radius 3 is 2.93 bits per heavy atom. The van der Waals surface area contributed by atoms with Gasteiger partial charge >= 0.3 is 5.97 Å². The maximum absolute atomic E-state index is 12.9. The van der Waals surface area contributed by atoms with Crippen LogP contribution in [0.1, 0.15) is 17.5 Å². The molecule has 0 fully saturated rings. The highest BCUT2D eigenvalue weighted by molar-refractivity contribution is 5.81. The molecule has 0 aromatic heterocycles. The summed E-state index contributed by atoms with van der Waals surface area (Å²) in [5.41, 5.74) is 0.00130. The second kappa shape index (κ2) is 3.31. The monoisotopic (exact) mass is 210 g/mol. The lowest BCUT2D eigenvalue weighted by molar-refractivity contribution is -0.163. The predicted molar refractivity (Wildman–Crippen MR) is 51.0 cm³/mol. The van der Waals surface area contributed by atoms with Crippen molar-refractivity contribution in [3.05, 3.63) is 35.1 Å². The van der Waals surface area contributed by atoms with Crippen molar-refractivity contribution in [2.75, 3.05) is 7.11 Å². The molecule has 1 N–H and O–H groups in total. The fraction of sp³-hybridized carbons (Fsp3) is 0.364. The van der Waals surface area contributed by atoms with Crippen molar-refractivity contribution in [2.24, 2.45) is 0 Å². The first-order chi connectivity index (χ1) is 7.10. The lowest BCUT2D eigenvalue weighted by Gasteiger charge is -2.23. The van der Waals surface area contributed by atoms with Crippen molar-refractivity contribution in [3.63, 3.8) is 0 Å². The molecule has 0 bridgehead atoms. The van der Waals surface area contributed by atoms with Gasteiger partial charge in [-0.3, -0.25) is 0 Å². The quantitative estimate of drug-likeness (QED) is 0.808. The van der Waals surface area contributed by atoms with Crippen molar-refractivity contribution in [2.45, 2.75) is 18.4 Å². The minimum atomic E-state index is -1.29. The van der Waals surface area contributed by atoms with E-state index in [9.17, 15) is 9.18 Å². The molecule has 1 aromatic carbocycles. The van der Waals surface area contributed by atoms with Gasteiger partial charge < -0.3 is 9.84 Å². The standard InChI is InChI=1S/C11H11FO3/c1-15-11(10(13)14)5-4-7-6-8(12)2-3-9(7)11/h2-3,6H,4-5H2,1H3,(H,13,14). The summed E-state index contributed by atoms with van der Waals surface area (Å²) in [6.07, 6.45) is 0.894. The normalized spacial score (nSPS) is 23.9. The molecule has 3 nitrogen and oxygen atoms in total. The number of fused-ring (bicyclic) bond motifs is 1. The summed E-state index contributed by atoms with van der Waals surface area (Å²) in [6.45, 7) is 0. The van der Waals surface area contributed by atoms with Crippen LogP contribution in [0, 0.1) is 5.82 Å². The number of hydrogen-bond acceptors (Lipinski definition) is 2. The van der Waals surface area contributed by atoms with Crippen molar-refractivity contribution in [1.82, 2.24) is 0 Å². The first-order valence-electron chi connectivity index (χ1n) is 4.67. The Bertz CT molecular complexity index is 416. The summed E-state index contributed by atoms with van der Waals surface area (Å²) in [7, 11) is 1.37. The first kappa shape index (κ1) is 10.1. The van der Waals surface area contributed by atoms with Gasteiger partial charge in [0.1, 0.15) is 5.82 Å². The van der Waals surface area contributed by atoms with E-state index in [0.717, 1.165) is 5.56 Å². The first-order valence-corrected chi connectivity index (χ1v) is 4.67. The van der Waals surface area contributed by atoms with E-state index in [1.807, 2.05) is 0 Å². The molecule has 0 aliphatic heterocycles. The SMILES string of the molecule is COC1(C(=O)O)CCc2cc(F)ccc21. The Morgan fingerprint density at radius 2 is 2.33 bits per heavy atom. The molecule has 15 heavy (non-hydrogen) atoms. The van der Waals surface area contributed by atoms with Gasteiger partial charge in [0, 0.05) is 7.11 Å². The van der Waals surface area contributed by atoms with Crippen molar-refractivity contribution < 1.29 is 19.0 Å². The molecule has 0 saturated heterocycles. The molecular formula is C11H11FO3. The maximum Gasteiger partial charge on any atom is 0.340 e. The smallest absolute Gasteiger partial charge is 0.340 e. The number of aliphatic carboxylic acids is 1. The van der Waals surface area contributed by atoms with Crippen molar-refractivity contribution >= 4 is 5.97 Å². The largest absolute Gasteiger partial charge is 0.479 e. The molecule has 80 valence electrons. The van der Waals surface area contributed by atoms with E-state index >= 15 is 0 Å². The summed E-state index contributed by atoms with van der Waals surface area (Å²) >= 11 is 0. The number of rotatable bonds is 2. The molecule has 0 amide bonds. The molecule has 1 aliphatic carbocycles. The zero-order chi connectivity index (χ0) is 11.1. The summed E-state index contributed by atoms with van der Waals surface area (Å²) < 4.78 is 18.0. The van der Waals surface area contributed by atoms with Gasteiger partial charge in [0.25, 0.3) is 0 Å². The third-order valence-corrected chi connectivity index (χ3v) is 2.94. The number of halogens is 1. The van der Waals surface area contributed by atoms with Crippen LogP contribution in [0.5, 0.6) is 0 Å². The highest BCUT2D eigenvalue weighted by Gasteiger charge is 2.46. The topological polar surface area (TPSA) is 46.5 Å². The Hall–Kier alpha value is -1.42. The van der Waals surface area contributed by atoms with Crippen molar-refractivity contribution in [3.8, 4) is 0 Å². The van der Waals surface area contributed by atoms with Crippen LogP contribution in [0.2, 0.25) is 0 Å². The third-order valence-electron chi connectivity index (χ3n) is 2.94. The molecule has 0 radical (unpaired) electrons. The second-order valence-electron chi connectivity index (χ2n) is 3.64. The number of carbonyl (C=O) groups is 1. The Balaban J connectivity index is 2.56. The van der Waals surface area contributed by atoms with Crippen LogP contribution in [-0.4, -0.2) is 18.2 Å². The van der Waals surface area contributed by atoms with Crippen LogP contribution in [0.25, 0.3) is 0 Å². The van der Waals surface area contributed by atoms with Gasteiger partial charge in [-0.25, -0.2) is 9.18 Å². The molecule has 4 heteroatoms. The molecule has 0 saturated carbocycles. The average Bonchev–Trinajstić information content (AvgIpc) is 2.56. The van der Waals surface area contributed by atoms with Crippen LogP contribution in [0.3, 0.4) is 0 Å². The number of benzene rings is 1. The van der Waals surface area contributed by atoms with Gasteiger partial charge in [-0.15, -0.1) is 0 Å². The fourth-order valence-corrected chi connectivity index (χ4v) is 2.13. The summed E-state index contributed by atoms with van der Waals surface area (Å²) in [6, 6.07) is 4.13. The lowest BCUT2D eigenvalue weighted by Crippen LogP contribution is -2.35. The molecule has 1 aromatic rings. The van der Waals surface area contributed by atoms with Gasteiger partial charge in [-0.05, 0) is 36.1 Å². The number of hydrogen-bond donors (Lipinski definition) is 1. The molecule has 0 spiro atoms. The molecular weight excluding hydrogens is 199 g/mol. The number of carboxylic acids is 1. The Labute approximate surface area is 86.5 Å². The number of aryl methyl sites for hydroxylation is 1. The van der Waals surface area contributed by atoms with Crippen LogP contribution >= 0.6 is 0 Å². The zero-order valence-corrected chi connectivity index (χ0v) is 8.29. The van der Waals surface area contributed by atoms with Gasteiger partial charge in [0.15, 0.2) is 5.60 Å². The summed E-state index contributed by atoms with van der Waals surface area (Å²) in [5, 5.41) is 9.16. The minimum absolute atomic E-state index is 0.342. The third kappa shape index (κ3) is 1.33. The number of ether oxygens (including phenoxy) is 1. The molecule has 1 atom stereocenters. The van der Waals surface area contributed by atoms with Crippen LogP contribution in [0.15, 0.2) is 18.2 Å². The van der Waals surface area contributed by atoms with E-state index in [1.165, 1.54) is 25.3 Å². The van der Waals surface area contributed by atoms with Gasteiger partial charge in [0.2, 0.25) is 0 Å². The number of carboxylic acid groups (broad SMARTS) is 1. The summed E-state index contributed by atoms with van der Waals surface area (Å²) in [4.78, 5) is 11.2. The Morgan fingerprint density at radius 1 is 1.60 bits per heavy atom. The predicted octanol–water partition coefficient (Wildman–Crippen LogP) is 1.70. The van der Waals surface area contributed by atoms with Crippen LogP contribution in [0.4, 0.5) is 4.39 Å². The van der Waals surface area contributed by atoms with E-state index in [4.69, 9.17) is 9.84 Å². The highest BCUT2D eigenvalue weighted by Crippen LogP contribution is 2.40. The average molecular weight is 210 g/mol. The lowest BCUT2D eigenvalue weighted by atomic mass is 9.96. The molecule has 1 aliphatic rings. The molecule has 1 unspecified atom stereocenters. The fourth-order valence-electron chi connectivity index (χ4n) is 2.13. The number of methoxy groups -OCH3 is 1. The zero-order valence-electron chi connectivity index (χ0n) is 8.29.